The highest BCUT2D eigenvalue weighted by atomic mass is 15.3. The largest absolute Gasteiger partial charge is 0.328 e. The van der Waals surface area contributed by atoms with Crippen LogP contribution in [0, 0.1) is 0 Å². The zero-order valence-electron chi connectivity index (χ0n) is 12.0. The number of rotatable bonds is 3. The Morgan fingerprint density at radius 1 is 1.30 bits per heavy atom. The molecule has 2 atom stereocenters. The Kier molecular flexibility index (Phi) is 3.40. The number of nitrogens with zero attached hydrogens (tertiary/aromatic N) is 3. The molecule has 2 aromatic rings. The van der Waals surface area contributed by atoms with Crippen LogP contribution in [0.15, 0.2) is 36.7 Å². The molecule has 20 heavy (non-hydrogen) atoms. The third-order valence-electron chi connectivity index (χ3n) is 3.67. The zero-order chi connectivity index (χ0) is 14.1. The first kappa shape index (κ1) is 13.1. The van der Waals surface area contributed by atoms with Gasteiger partial charge in [-0.2, -0.15) is 0 Å². The van der Waals surface area contributed by atoms with E-state index >= 15 is 0 Å². The Morgan fingerprint density at radius 2 is 2.00 bits per heavy atom. The molecule has 0 bridgehead atoms. The molecule has 2 unspecified atom stereocenters. The van der Waals surface area contributed by atoms with Crippen LogP contribution in [0.1, 0.15) is 25.0 Å². The summed E-state index contributed by atoms with van der Waals surface area (Å²) in [5.41, 5.74) is 9.48. The monoisotopic (exact) mass is 268 g/mol. The molecular weight excluding hydrogens is 248 g/mol. The molecule has 0 radical (unpaired) electrons. The van der Waals surface area contributed by atoms with Crippen LogP contribution >= 0.6 is 0 Å². The van der Waals surface area contributed by atoms with E-state index in [0.717, 1.165) is 24.4 Å². The van der Waals surface area contributed by atoms with E-state index < -0.39 is 0 Å². The Bertz CT molecular complexity index is 592. The fourth-order valence-corrected chi connectivity index (χ4v) is 2.82. The minimum absolute atomic E-state index is 0.135. The fourth-order valence-electron chi connectivity index (χ4n) is 2.82. The van der Waals surface area contributed by atoms with Crippen LogP contribution in [0.25, 0.3) is 0 Å². The van der Waals surface area contributed by atoms with Gasteiger partial charge in [0.1, 0.15) is 0 Å². The van der Waals surface area contributed by atoms with Crippen molar-refractivity contribution in [3.8, 4) is 0 Å². The molecule has 2 heterocycles. The normalized spacial score (nSPS) is 18.9. The summed E-state index contributed by atoms with van der Waals surface area (Å²) in [6.07, 6.45) is 5.63. The molecular formula is C16H20N4. The lowest BCUT2D eigenvalue weighted by Gasteiger charge is -2.22. The average Bonchev–Trinajstić information content (AvgIpc) is 2.75. The van der Waals surface area contributed by atoms with Crippen LogP contribution < -0.4 is 10.6 Å². The molecule has 4 heteroatoms. The van der Waals surface area contributed by atoms with Gasteiger partial charge in [0, 0.05) is 30.2 Å². The smallest absolute Gasteiger partial charge is 0.230 e. The second kappa shape index (κ2) is 5.21. The molecule has 0 spiro atoms. The molecule has 1 aliphatic rings. The van der Waals surface area contributed by atoms with Gasteiger partial charge in [0.15, 0.2) is 0 Å². The topological polar surface area (TPSA) is 55.0 Å². The summed E-state index contributed by atoms with van der Waals surface area (Å²) >= 11 is 0. The zero-order valence-corrected chi connectivity index (χ0v) is 12.0. The molecule has 1 aromatic heterocycles. The molecule has 0 amide bonds. The van der Waals surface area contributed by atoms with E-state index in [4.69, 9.17) is 5.73 Å². The van der Waals surface area contributed by atoms with E-state index in [1.807, 2.05) is 19.3 Å². The highest BCUT2D eigenvalue weighted by Crippen LogP contribution is 2.35. The number of aromatic nitrogens is 2. The SMILES string of the molecule is CC(N)Cc1cnc(N2c3ccccc3CC2C)nc1. The van der Waals surface area contributed by atoms with Gasteiger partial charge in [0.25, 0.3) is 0 Å². The number of hydrogen-bond donors (Lipinski definition) is 1. The summed E-state index contributed by atoms with van der Waals surface area (Å²) in [5.74, 6) is 0.774. The van der Waals surface area contributed by atoms with Gasteiger partial charge in [-0.1, -0.05) is 18.2 Å². The van der Waals surface area contributed by atoms with Crippen LogP contribution in [0.3, 0.4) is 0 Å². The van der Waals surface area contributed by atoms with Crippen LogP contribution in [-0.4, -0.2) is 22.1 Å². The third kappa shape index (κ3) is 2.39. The van der Waals surface area contributed by atoms with Crippen molar-refractivity contribution >= 4 is 11.6 Å². The predicted molar refractivity (Wildman–Crippen MR) is 81.1 cm³/mol. The van der Waals surface area contributed by atoms with E-state index in [-0.39, 0.29) is 6.04 Å². The summed E-state index contributed by atoms with van der Waals surface area (Å²) in [5, 5.41) is 0. The molecule has 104 valence electrons. The number of anilines is 2. The number of hydrogen-bond acceptors (Lipinski definition) is 4. The van der Waals surface area contributed by atoms with Gasteiger partial charge in [0.05, 0.1) is 0 Å². The molecule has 0 saturated carbocycles. The number of fused-ring (bicyclic) bond motifs is 1. The van der Waals surface area contributed by atoms with Crippen LogP contribution in [-0.2, 0) is 12.8 Å². The van der Waals surface area contributed by atoms with Crippen molar-refractivity contribution in [2.24, 2.45) is 5.73 Å². The van der Waals surface area contributed by atoms with E-state index in [0.29, 0.717) is 6.04 Å². The summed E-state index contributed by atoms with van der Waals surface area (Å²) in [7, 11) is 0. The number of para-hydroxylation sites is 1. The first-order valence-corrected chi connectivity index (χ1v) is 7.09. The highest BCUT2D eigenvalue weighted by Gasteiger charge is 2.28. The Balaban J connectivity index is 1.89. The van der Waals surface area contributed by atoms with Crippen molar-refractivity contribution in [2.45, 2.75) is 38.8 Å². The lowest BCUT2D eigenvalue weighted by molar-refractivity contribution is 0.720. The van der Waals surface area contributed by atoms with Gasteiger partial charge in [0.2, 0.25) is 5.95 Å². The number of benzene rings is 1. The molecule has 0 aliphatic carbocycles. The van der Waals surface area contributed by atoms with Crippen LogP contribution in [0.5, 0.6) is 0 Å². The van der Waals surface area contributed by atoms with Gasteiger partial charge in [-0.05, 0) is 43.9 Å². The van der Waals surface area contributed by atoms with Gasteiger partial charge < -0.3 is 10.6 Å². The summed E-state index contributed by atoms with van der Waals surface area (Å²) in [6, 6.07) is 8.99. The average molecular weight is 268 g/mol. The molecule has 0 saturated heterocycles. The van der Waals surface area contributed by atoms with E-state index in [9.17, 15) is 0 Å². The molecule has 4 nitrogen and oxygen atoms in total. The molecule has 2 N–H and O–H groups in total. The lowest BCUT2D eigenvalue weighted by atomic mass is 10.1. The second-order valence-corrected chi connectivity index (χ2v) is 5.62. The van der Waals surface area contributed by atoms with Crippen LogP contribution in [0.2, 0.25) is 0 Å². The number of nitrogens with two attached hydrogens (primary N) is 1. The molecule has 3 rings (SSSR count). The van der Waals surface area contributed by atoms with Crippen LogP contribution in [0.4, 0.5) is 11.6 Å². The summed E-state index contributed by atoms with van der Waals surface area (Å²) in [6.45, 7) is 4.20. The predicted octanol–water partition coefficient (Wildman–Crippen LogP) is 2.45. The molecule has 0 fully saturated rings. The van der Waals surface area contributed by atoms with Crippen molar-refractivity contribution in [1.82, 2.24) is 9.97 Å². The summed E-state index contributed by atoms with van der Waals surface area (Å²) in [4.78, 5) is 11.3. The standard InChI is InChI=1S/C16H20N4/c1-11(17)7-13-9-18-16(19-10-13)20-12(2)8-14-5-3-4-6-15(14)20/h3-6,9-12H,7-8,17H2,1-2H3. The fraction of sp³-hybridized carbons (Fsp3) is 0.375. The van der Waals surface area contributed by atoms with Crippen molar-refractivity contribution in [3.63, 3.8) is 0 Å². The van der Waals surface area contributed by atoms with E-state index in [1.165, 1.54) is 11.3 Å². The van der Waals surface area contributed by atoms with Gasteiger partial charge in [-0.25, -0.2) is 9.97 Å². The molecule has 1 aromatic carbocycles. The lowest BCUT2D eigenvalue weighted by Crippen LogP contribution is -2.26. The van der Waals surface area contributed by atoms with Crippen molar-refractivity contribution in [1.29, 1.82) is 0 Å². The van der Waals surface area contributed by atoms with Crippen molar-refractivity contribution in [2.75, 3.05) is 4.90 Å². The Hall–Kier alpha value is -1.94. The first-order chi connectivity index (χ1) is 9.65. The quantitative estimate of drug-likeness (QED) is 0.929. The maximum atomic E-state index is 5.80. The summed E-state index contributed by atoms with van der Waals surface area (Å²) < 4.78 is 0. The van der Waals surface area contributed by atoms with Crippen molar-refractivity contribution < 1.29 is 0 Å². The second-order valence-electron chi connectivity index (χ2n) is 5.62. The van der Waals surface area contributed by atoms with E-state index in [2.05, 4.69) is 46.1 Å². The van der Waals surface area contributed by atoms with Crippen molar-refractivity contribution in [3.05, 3.63) is 47.8 Å². The maximum absolute atomic E-state index is 5.80. The van der Waals surface area contributed by atoms with E-state index in [1.54, 1.807) is 0 Å². The Morgan fingerprint density at radius 3 is 2.70 bits per heavy atom. The third-order valence-corrected chi connectivity index (χ3v) is 3.67. The highest BCUT2D eigenvalue weighted by molar-refractivity contribution is 5.66. The first-order valence-electron chi connectivity index (χ1n) is 7.09. The maximum Gasteiger partial charge on any atom is 0.230 e. The molecule has 1 aliphatic heterocycles. The van der Waals surface area contributed by atoms with Gasteiger partial charge >= 0.3 is 0 Å². The minimum Gasteiger partial charge on any atom is -0.328 e. The van der Waals surface area contributed by atoms with Gasteiger partial charge in [-0.3, -0.25) is 0 Å². The van der Waals surface area contributed by atoms with Gasteiger partial charge in [-0.15, -0.1) is 0 Å². The Labute approximate surface area is 119 Å². The minimum atomic E-state index is 0.135.